The third-order valence-corrected chi connectivity index (χ3v) is 5.30. The lowest BCUT2D eigenvalue weighted by atomic mass is 9.89. The van der Waals surface area contributed by atoms with Crippen LogP contribution in [0.25, 0.3) is 0 Å². The van der Waals surface area contributed by atoms with Gasteiger partial charge in [0.2, 0.25) is 0 Å². The fourth-order valence-electron chi connectivity index (χ4n) is 3.02. The summed E-state index contributed by atoms with van der Waals surface area (Å²) in [5.74, 6) is -0.187. The summed E-state index contributed by atoms with van der Waals surface area (Å²) in [6.45, 7) is 15.1. The van der Waals surface area contributed by atoms with E-state index in [2.05, 4.69) is 46.4 Å². The number of esters is 1. The lowest BCUT2D eigenvalue weighted by Crippen LogP contribution is -2.55. The molecule has 25 heavy (non-hydrogen) atoms. The monoisotopic (exact) mass is 349 g/mol. The number of carbonyl (C=O) groups excluding carboxylic acids is 1. The summed E-state index contributed by atoms with van der Waals surface area (Å²) in [5, 5.41) is 9.25. The van der Waals surface area contributed by atoms with Crippen LogP contribution in [0.4, 0.5) is 0 Å². The maximum Gasteiger partial charge on any atom is 0.338 e. The highest BCUT2D eigenvalue weighted by atomic mass is 16.5. The molecule has 0 bridgehead atoms. The van der Waals surface area contributed by atoms with Gasteiger partial charge in [0.05, 0.1) is 12.2 Å². The van der Waals surface area contributed by atoms with Crippen LogP contribution in [0.1, 0.15) is 77.6 Å². The van der Waals surface area contributed by atoms with Crippen molar-refractivity contribution < 1.29 is 14.6 Å². The Kier molecular flexibility index (Phi) is 7.94. The summed E-state index contributed by atoms with van der Waals surface area (Å²) in [6.07, 6.45) is 4.05. The standard InChI is InChI=1S/C21H35NO3/c1-7-20(3,4)22(21(5,6)8-2)15-9-10-16-25-19(24)17-11-13-18(23)14-12-17/h11-14,23H,7-10,15-16H2,1-6H3. The molecule has 0 saturated heterocycles. The van der Waals surface area contributed by atoms with Crippen molar-refractivity contribution in [3.8, 4) is 5.75 Å². The topological polar surface area (TPSA) is 49.8 Å². The number of ether oxygens (including phenoxy) is 1. The van der Waals surface area contributed by atoms with Crippen LogP contribution in [0, 0.1) is 0 Å². The van der Waals surface area contributed by atoms with Crippen LogP contribution in [-0.4, -0.2) is 40.2 Å². The predicted molar refractivity (Wildman–Crippen MR) is 103 cm³/mol. The molecule has 4 nitrogen and oxygen atoms in total. The first-order valence-electron chi connectivity index (χ1n) is 9.38. The lowest BCUT2D eigenvalue weighted by Gasteiger charge is -2.48. The van der Waals surface area contributed by atoms with Gasteiger partial charge in [0.15, 0.2) is 0 Å². The SMILES string of the molecule is CCC(C)(C)N(CCCCOC(=O)c1ccc(O)cc1)C(C)(C)CC. The number of rotatable bonds is 10. The van der Waals surface area contributed by atoms with Crippen LogP contribution >= 0.6 is 0 Å². The van der Waals surface area contributed by atoms with E-state index in [0.29, 0.717) is 12.2 Å². The van der Waals surface area contributed by atoms with Gasteiger partial charge >= 0.3 is 5.97 Å². The van der Waals surface area contributed by atoms with Crippen LogP contribution in [0.3, 0.4) is 0 Å². The van der Waals surface area contributed by atoms with Gasteiger partial charge < -0.3 is 9.84 Å². The van der Waals surface area contributed by atoms with E-state index in [4.69, 9.17) is 4.74 Å². The number of phenols is 1. The summed E-state index contributed by atoms with van der Waals surface area (Å²) in [4.78, 5) is 14.5. The van der Waals surface area contributed by atoms with Crippen molar-refractivity contribution in [3.63, 3.8) is 0 Å². The fourth-order valence-corrected chi connectivity index (χ4v) is 3.02. The second kappa shape index (κ2) is 9.23. The van der Waals surface area contributed by atoms with Crippen LogP contribution in [-0.2, 0) is 4.74 Å². The Labute approximate surface area is 153 Å². The molecule has 1 aromatic carbocycles. The van der Waals surface area contributed by atoms with E-state index < -0.39 is 0 Å². The normalized spacial score (nSPS) is 12.4. The molecule has 0 aromatic heterocycles. The molecule has 4 heteroatoms. The van der Waals surface area contributed by atoms with Gasteiger partial charge in [0, 0.05) is 11.1 Å². The van der Waals surface area contributed by atoms with Gasteiger partial charge in [0.1, 0.15) is 5.75 Å². The zero-order valence-electron chi connectivity index (χ0n) is 16.8. The molecule has 0 atom stereocenters. The minimum absolute atomic E-state index is 0.147. The molecule has 0 radical (unpaired) electrons. The molecule has 0 aliphatic carbocycles. The molecule has 0 heterocycles. The smallest absolute Gasteiger partial charge is 0.338 e. The summed E-state index contributed by atoms with van der Waals surface area (Å²) in [6, 6.07) is 6.14. The molecule has 142 valence electrons. The highest BCUT2D eigenvalue weighted by Crippen LogP contribution is 2.30. The van der Waals surface area contributed by atoms with E-state index in [9.17, 15) is 9.90 Å². The molecule has 0 fully saturated rings. The average molecular weight is 350 g/mol. The number of nitrogens with zero attached hydrogens (tertiary/aromatic N) is 1. The Hall–Kier alpha value is -1.55. The Bertz CT molecular complexity index is 519. The molecule has 1 aromatic rings. The van der Waals surface area contributed by atoms with E-state index in [1.807, 2.05) is 0 Å². The molecule has 0 spiro atoms. The maximum atomic E-state index is 11.9. The van der Waals surface area contributed by atoms with Crippen LogP contribution in [0.15, 0.2) is 24.3 Å². The van der Waals surface area contributed by atoms with Gasteiger partial charge in [-0.3, -0.25) is 4.90 Å². The van der Waals surface area contributed by atoms with Crippen molar-refractivity contribution in [1.29, 1.82) is 0 Å². The Morgan fingerprint density at radius 2 is 1.52 bits per heavy atom. The summed E-state index contributed by atoms with van der Waals surface area (Å²) >= 11 is 0. The lowest BCUT2D eigenvalue weighted by molar-refractivity contribution is 0.00760. The molecule has 1 N–H and O–H groups in total. The fraction of sp³-hybridized carbons (Fsp3) is 0.667. The van der Waals surface area contributed by atoms with Crippen molar-refractivity contribution in [2.45, 2.75) is 78.3 Å². The highest BCUT2D eigenvalue weighted by molar-refractivity contribution is 5.89. The molecule has 0 saturated carbocycles. The first-order valence-corrected chi connectivity index (χ1v) is 9.38. The first kappa shape index (κ1) is 21.5. The second-order valence-electron chi connectivity index (χ2n) is 7.87. The third kappa shape index (κ3) is 6.35. The third-order valence-electron chi connectivity index (χ3n) is 5.30. The zero-order valence-corrected chi connectivity index (χ0v) is 16.8. The molecule has 1 rings (SSSR count). The molecule has 0 amide bonds. The molecule has 0 aliphatic heterocycles. The van der Waals surface area contributed by atoms with Gasteiger partial charge in [-0.05, 0) is 84.2 Å². The average Bonchev–Trinajstić information content (AvgIpc) is 2.57. The molecule has 0 aliphatic rings. The minimum Gasteiger partial charge on any atom is -0.508 e. The summed E-state index contributed by atoms with van der Waals surface area (Å²) < 4.78 is 5.33. The van der Waals surface area contributed by atoms with Crippen molar-refractivity contribution in [2.75, 3.05) is 13.2 Å². The summed E-state index contributed by atoms with van der Waals surface area (Å²) in [5.41, 5.74) is 0.781. The van der Waals surface area contributed by atoms with E-state index in [1.54, 1.807) is 12.1 Å². The number of phenolic OH excluding ortho intramolecular Hbond substituents is 1. The van der Waals surface area contributed by atoms with Crippen LogP contribution in [0.5, 0.6) is 5.75 Å². The second-order valence-corrected chi connectivity index (χ2v) is 7.87. The van der Waals surface area contributed by atoms with Gasteiger partial charge in [0.25, 0.3) is 0 Å². The number of carbonyl (C=O) groups is 1. The Balaban J connectivity index is 2.46. The van der Waals surface area contributed by atoms with Crippen molar-refractivity contribution in [2.24, 2.45) is 0 Å². The van der Waals surface area contributed by atoms with E-state index in [1.165, 1.54) is 12.1 Å². The summed E-state index contributed by atoms with van der Waals surface area (Å²) in [7, 11) is 0. The molecule has 0 unspecified atom stereocenters. The van der Waals surface area contributed by atoms with Gasteiger partial charge in [-0.25, -0.2) is 4.79 Å². The van der Waals surface area contributed by atoms with E-state index >= 15 is 0 Å². The van der Waals surface area contributed by atoms with Crippen molar-refractivity contribution >= 4 is 5.97 Å². The van der Waals surface area contributed by atoms with E-state index in [-0.39, 0.29) is 22.8 Å². The number of hydrogen-bond donors (Lipinski definition) is 1. The quantitative estimate of drug-likeness (QED) is 0.476. The first-order chi connectivity index (χ1) is 11.6. The molecular formula is C21H35NO3. The zero-order chi connectivity index (χ0) is 19.1. The van der Waals surface area contributed by atoms with Gasteiger partial charge in [-0.1, -0.05) is 13.8 Å². The van der Waals surface area contributed by atoms with Gasteiger partial charge in [-0.2, -0.15) is 0 Å². The Morgan fingerprint density at radius 1 is 1.00 bits per heavy atom. The van der Waals surface area contributed by atoms with Crippen LogP contribution in [0.2, 0.25) is 0 Å². The van der Waals surface area contributed by atoms with Crippen LogP contribution < -0.4 is 0 Å². The maximum absolute atomic E-state index is 11.9. The highest BCUT2D eigenvalue weighted by Gasteiger charge is 2.34. The van der Waals surface area contributed by atoms with Crippen molar-refractivity contribution in [3.05, 3.63) is 29.8 Å². The predicted octanol–water partition coefficient (Wildman–Crippen LogP) is 5.01. The van der Waals surface area contributed by atoms with Gasteiger partial charge in [-0.15, -0.1) is 0 Å². The number of unbranched alkanes of at least 4 members (excludes halogenated alkanes) is 1. The number of hydrogen-bond acceptors (Lipinski definition) is 4. The van der Waals surface area contributed by atoms with E-state index in [0.717, 1.165) is 32.2 Å². The largest absolute Gasteiger partial charge is 0.508 e. The number of aromatic hydroxyl groups is 1. The Morgan fingerprint density at radius 3 is 2.00 bits per heavy atom. The number of benzene rings is 1. The molecular weight excluding hydrogens is 314 g/mol. The minimum atomic E-state index is -0.334. The van der Waals surface area contributed by atoms with Crippen molar-refractivity contribution in [1.82, 2.24) is 4.90 Å².